The topological polar surface area (TPSA) is 79.0 Å². The Morgan fingerprint density at radius 2 is 2.00 bits per heavy atom. The van der Waals surface area contributed by atoms with Crippen LogP contribution >= 0.6 is 0 Å². The fraction of sp³-hybridized carbons (Fsp3) is 0.300. The first-order valence-electron chi connectivity index (χ1n) is 8.80. The summed E-state index contributed by atoms with van der Waals surface area (Å²) >= 11 is 0. The van der Waals surface area contributed by atoms with Gasteiger partial charge in [0.05, 0.1) is 10.9 Å². The summed E-state index contributed by atoms with van der Waals surface area (Å²) in [7, 11) is 0. The minimum Gasteiger partial charge on any atom is -0.438 e. The Morgan fingerprint density at radius 1 is 1.15 bits per heavy atom. The summed E-state index contributed by atoms with van der Waals surface area (Å²) in [5.74, 6) is 1.37. The zero-order chi connectivity index (χ0) is 18.3. The zero-order valence-corrected chi connectivity index (χ0v) is 15.0. The highest BCUT2D eigenvalue weighted by Gasteiger charge is 2.35. The van der Waals surface area contributed by atoms with Gasteiger partial charge in [-0.2, -0.15) is 0 Å². The van der Waals surface area contributed by atoms with Gasteiger partial charge in [-0.15, -0.1) is 0 Å². The predicted octanol–water partition coefficient (Wildman–Crippen LogP) is 3.41. The molecule has 3 heterocycles. The number of hydrogen-bond donors (Lipinski definition) is 3. The standard InChI is InChI=1S/C20H22N4O2/c1-11-10-14(26-20-16-6-8-21-17(16)7-9-22-20)4-5-15(11)18-12(2)19(25)24-23-13(18)3/h4-10,12-13,18,21,23H,1-3H3,(H,24,25). The second kappa shape index (κ2) is 6.46. The fourth-order valence-corrected chi connectivity index (χ4v) is 3.76. The molecule has 3 aromatic rings. The molecule has 6 nitrogen and oxygen atoms in total. The fourth-order valence-electron chi connectivity index (χ4n) is 3.76. The average molecular weight is 350 g/mol. The molecule has 1 amide bonds. The number of hydrogen-bond acceptors (Lipinski definition) is 4. The number of H-pyrrole nitrogens is 1. The van der Waals surface area contributed by atoms with Gasteiger partial charge in [-0.05, 0) is 49.2 Å². The molecule has 0 aliphatic carbocycles. The number of fused-ring (bicyclic) bond motifs is 1. The smallest absolute Gasteiger partial charge is 0.237 e. The number of amides is 1. The number of aryl methyl sites for hydroxylation is 1. The van der Waals surface area contributed by atoms with E-state index in [1.807, 2.05) is 37.4 Å². The molecule has 0 bridgehead atoms. The summed E-state index contributed by atoms with van der Waals surface area (Å²) < 4.78 is 6.02. The SMILES string of the molecule is Cc1cc(Oc2nccc3[nH]ccc23)ccc1C1C(C)NNC(=O)C1C. The zero-order valence-electron chi connectivity index (χ0n) is 15.0. The molecule has 3 atom stereocenters. The summed E-state index contributed by atoms with van der Waals surface area (Å²) in [6, 6.07) is 10.0. The highest BCUT2D eigenvalue weighted by atomic mass is 16.5. The molecular weight excluding hydrogens is 328 g/mol. The van der Waals surface area contributed by atoms with Crippen LogP contribution in [0.2, 0.25) is 0 Å². The van der Waals surface area contributed by atoms with E-state index in [4.69, 9.17) is 4.74 Å². The molecule has 2 aromatic heterocycles. The van der Waals surface area contributed by atoms with E-state index in [1.165, 1.54) is 0 Å². The number of ether oxygens (including phenoxy) is 1. The molecular formula is C20H22N4O2. The van der Waals surface area contributed by atoms with Crippen molar-refractivity contribution in [2.45, 2.75) is 32.7 Å². The number of pyridine rings is 1. The van der Waals surface area contributed by atoms with E-state index in [2.05, 4.69) is 40.7 Å². The average Bonchev–Trinajstić information content (AvgIpc) is 3.10. The van der Waals surface area contributed by atoms with E-state index in [-0.39, 0.29) is 23.8 Å². The molecule has 26 heavy (non-hydrogen) atoms. The first-order chi connectivity index (χ1) is 12.5. The van der Waals surface area contributed by atoms with Crippen LogP contribution in [0.15, 0.2) is 42.7 Å². The number of rotatable bonds is 3. The van der Waals surface area contributed by atoms with Gasteiger partial charge < -0.3 is 9.72 Å². The second-order valence-electron chi connectivity index (χ2n) is 6.91. The third kappa shape index (κ3) is 2.82. The number of nitrogens with one attached hydrogen (secondary N) is 3. The van der Waals surface area contributed by atoms with Crippen LogP contribution in [0.3, 0.4) is 0 Å². The third-order valence-electron chi connectivity index (χ3n) is 5.17. The van der Waals surface area contributed by atoms with Gasteiger partial charge in [0.25, 0.3) is 0 Å². The molecule has 3 N–H and O–H groups in total. The molecule has 1 aliphatic rings. The van der Waals surface area contributed by atoms with E-state index in [9.17, 15) is 4.79 Å². The van der Waals surface area contributed by atoms with Gasteiger partial charge in [-0.3, -0.25) is 10.2 Å². The van der Waals surface area contributed by atoms with Crippen molar-refractivity contribution in [2.75, 3.05) is 0 Å². The number of nitrogens with zero attached hydrogens (tertiary/aromatic N) is 1. The van der Waals surface area contributed by atoms with Crippen LogP contribution in [0, 0.1) is 12.8 Å². The van der Waals surface area contributed by atoms with Crippen LogP contribution in [-0.4, -0.2) is 21.9 Å². The van der Waals surface area contributed by atoms with Crippen molar-refractivity contribution >= 4 is 16.8 Å². The Hall–Kier alpha value is -2.86. The number of carbonyl (C=O) groups is 1. The summed E-state index contributed by atoms with van der Waals surface area (Å²) in [6.45, 7) is 6.11. The van der Waals surface area contributed by atoms with Crippen molar-refractivity contribution in [3.8, 4) is 11.6 Å². The Kier molecular flexibility index (Phi) is 4.12. The lowest BCUT2D eigenvalue weighted by Crippen LogP contribution is -2.55. The molecule has 1 aromatic carbocycles. The second-order valence-corrected chi connectivity index (χ2v) is 6.91. The first-order valence-corrected chi connectivity index (χ1v) is 8.80. The lowest BCUT2D eigenvalue weighted by molar-refractivity contribution is -0.129. The van der Waals surface area contributed by atoms with Crippen molar-refractivity contribution in [3.05, 3.63) is 53.9 Å². The number of aromatic amines is 1. The number of aromatic nitrogens is 2. The van der Waals surface area contributed by atoms with Crippen LogP contribution in [0.5, 0.6) is 11.6 Å². The summed E-state index contributed by atoms with van der Waals surface area (Å²) in [6.07, 6.45) is 3.60. The first kappa shape index (κ1) is 16.6. The van der Waals surface area contributed by atoms with Gasteiger partial charge in [0.15, 0.2) is 0 Å². The molecule has 0 spiro atoms. The predicted molar refractivity (Wildman–Crippen MR) is 100.0 cm³/mol. The molecule has 134 valence electrons. The van der Waals surface area contributed by atoms with E-state index in [0.717, 1.165) is 27.8 Å². The van der Waals surface area contributed by atoms with Crippen LogP contribution < -0.4 is 15.6 Å². The molecule has 0 radical (unpaired) electrons. The van der Waals surface area contributed by atoms with E-state index in [1.54, 1.807) is 6.20 Å². The lowest BCUT2D eigenvalue weighted by atomic mass is 9.79. The van der Waals surface area contributed by atoms with E-state index in [0.29, 0.717) is 5.88 Å². The largest absolute Gasteiger partial charge is 0.438 e. The van der Waals surface area contributed by atoms with Gasteiger partial charge in [-0.25, -0.2) is 10.4 Å². The van der Waals surface area contributed by atoms with Gasteiger partial charge in [0, 0.05) is 30.3 Å². The quantitative estimate of drug-likeness (QED) is 0.676. The van der Waals surface area contributed by atoms with Crippen molar-refractivity contribution in [1.29, 1.82) is 0 Å². The minimum atomic E-state index is -0.0908. The van der Waals surface area contributed by atoms with Gasteiger partial charge in [-0.1, -0.05) is 13.0 Å². The van der Waals surface area contributed by atoms with E-state index >= 15 is 0 Å². The van der Waals surface area contributed by atoms with Crippen LogP contribution in [0.4, 0.5) is 0 Å². The van der Waals surface area contributed by atoms with Crippen LogP contribution in [0.1, 0.15) is 30.9 Å². The Morgan fingerprint density at radius 3 is 2.81 bits per heavy atom. The molecule has 1 fully saturated rings. The number of carbonyl (C=O) groups excluding carboxylic acids is 1. The normalized spacial score (nSPS) is 23.0. The Balaban J connectivity index is 1.64. The lowest BCUT2D eigenvalue weighted by Gasteiger charge is -2.36. The maximum atomic E-state index is 12.0. The van der Waals surface area contributed by atoms with E-state index < -0.39 is 0 Å². The molecule has 0 saturated carbocycles. The van der Waals surface area contributed by atoms with Crippen molar-refractivity contribution in [3.63, 3.8) is 0 Å². The highest BCUT2D eigenvalue weighted by Crippen LogP contribution is 2.35. The number of benzene rings is 1. The van der Waals surface area contributed by atoms with Gasteiger partial charge >= 0.3 is 0 Å². The highest BCUT2D eigenvalue weighted by molar-refractivity contribution is 5.84. The molecule has 4 rings (SSSR count). The molecule has 6 heteroatoms. The molecule has 1 saturated heterocycles. The minimum absolute atomic E-state index is 0.0242. The monoisotopic (exact) mass is 350 g/mol. The van der Waals surface area contributed by atoms with Crippen LogP contribution in [0.25, 0.3) is 10.9 Å². The number of hydrazine groups is 1. The van der Waals surface area contributed by atoms with Crippen molar-refractivity contribution in [2.24, 2.45) is 5.92 Å². The van der Waals surface area contributed by atoms with Gasteiger partial charge in [0.1, 0.15) is 5.75 Å². The summed E-state index contributed by atoms with van der Waals surface area (Å²) in [4.78, 5) is 19.5. The third-order valence-corrected chi connectivity index (χ3v) is 5.17. The van der Waals surface area contributed by atoms with Crippen molar-refractivity contribution in [1.82, 2.24) is 20.8 Å². The van der Waals surface area contributed by atoms with Crippen LogP contribution in [-0.2, 0) is 4.79 Å². The maximum absolute atomic E-state index is 12.0. The summed E-state index contributed by atoms with van der Waals surface area (Å²) in [5, 5.41) is 0.949. The van der Waals surface area contributed by atoms with Gasteiger partial charge in [0.2, 0.25) is 11.8 Å². The summed E-state index contributed by atoms with van der Waals surface area (Å²) in [5.41, 5.74) is 9.05. The Labute approximate surface area is 151 Å². The van der Waals surface area contributed by atoms with Crippen molar-refractivity contribution < 1.29 is 9.53 Å². The molecule has 1 aliphatic heterocycles. The Bertz CT molecular complexity index is 965. The molecule has 3 unspecified atom stereocenters. The maximum Gasteiger partial charge on any atom is 0.237 e.